The Hall–Kier alpha value is -1.42. The van der Waals surface area contributed by atoms with E-state index in [0.717, 1.165) is 6.42 Å². The van der Waals surface area contributed by atoms with Gasteiger partial charge in [-0.05, 0) is 32.4 Å². The van der Waals surface area contributed by atoms with E-state index in [1.54, 1.807) is 6.07 Å². The smallest absolute Gasteiger partial charge is 0.164 e. The van der Waals surface area contributed by atoms with Crippen molar-refractivity contribution in [2.75, 3.05) is 18.1 Å². The lowest BCUT2D eigenvalue weighted by atomic mass is 10.0. The van der Waals surface area contributed by atoms with Crippen LogP contribution in [0.4, 0.5) is 10.1 Å². The Labute approximate surface area is 113 Å². The molecule has 1 aromatic carbocycles. The Morgan fingerprint density at radius 2 is 2.26 bits per heavy atom. The summed E-state index contributed by atoms with van der Waals surface area (Å²) in [7, 11) is 0. The molecule has 1 heterocycles. The number of carbonyl (C=O) groups excluding carboxylic acids is 1. The molecular weight excluding hydrogens is 245 g/mol. The number of rotatable bonds is 3. The average molecular weight is 265 g/mol. The zero-order chi connectivity index (χ0) is 14.0. The first kappa shape index (κ1) is 14.0. The fourth-order valence-corrected chi connectivity index (χ4v) is 2.58. The maximum atomic E-state index is 13.9. The van der Waals surface area contributed by atoms with Gasteiger partial charge in [0.25, 0.3) is 0 Å². The van der Waals surface area contributed by atoms with Crippen molar-refractivity contribution in [3.63, 3.8) is 0 Å². The first-order chi connectivity index (χ1) is 9.04. The zero-order valence-corrected chi connectivity index (χ0v) is 11.6. The van der Waals surface area contributed by atoms with Crippen LogP contribution in [-0.2, 0) is 4.74 Å². The number of morpholine rings is 1. The van der Waals surface area contributed by atoms with E-state index < -0.39 is 5.82 Å². The molecule has 2 atom stereocenters. The number of Topliss-reactive ketones (excluding diaryl/α,β-unsaturated/α-hetero) is 1. The monoisotopic (exact) mass is 265 g/mol. The van der Waals surface area contributed by atoms with Crippen molar-refractivity contribution >= 4 is 11.5 Å². The van der Waals surface area contributed by atoms with Crippen molar-refractivity contribution in [2.45, 2.75) is 39.3 Å². The van der Waals surface area contributed by atoms with Gasteiger partial charge in [0.05, 0.1) is 30.0 Å². The second-order valence-corrected chi connectivity index (χ2v) is 5.05. The van der Waals surface area contributed by atoms with Crippen molar-refractivity contribution in [1.82, 2.24) is 0 Å². The molecule has 0 radical (unpaired) electrons. The molecule has 0 bridgehead atoms. The van der Waals surface area contributed by atoms with Gasteiger partial charge in [0, 0.05) is 6.54 Å². The molecule has 19 heavy (non-hydrogen) atoms. The van der Waals surface area contributed by atoms with Crippen LogP contribution in [0.3, 0.4) is 0 Å². The minimum absolute atomic E-state index is 0.0888. The molecule has 0 N–H and O–H groups in total. The molecule has 0 aliphatic carbocycles. The van der Waals surface area contributed by atoms with E-state index in [9.17, 15) is 9.18 Å². The van der Waals surface area contributed by atoms with E-state index >= 15 is 0 Å². The minimum atomic E-state index is -0.445. The Balaban J connectivity index is 2.44. The van der Waals surface area contributed by atoms with Crippen LogP contribution in [0.25, 0.3) is 0 Å². The quantitative estimate of drug-likeness (QED) is 0.787. The molecule has 0 aromatic heterocycles. The van der Waals surface area contributed by atoms with Crippen LogP contribution >= 0.6 is 0 Å². The predicted molar refractivity (Wildman–Crippen MR) is 73.2 cm³/mol. The molecule has 1 saturated heterocycles. The second kappa shape index (κ2) is 5.70. The number of anilines is 1. The Morgan fingerprint density at radius 3 is 2.89 bits per heavy atom. The predicted octanol–water partition coefficient (Wildman–Crippen LogP) is 3.03. The molecule has 3 nitrogen and oxygen atoms in total. The molecule has 104 valence electrons. The molecule has 2 unspecified atom stereocenters. The van der Waals surface area contributed by atoms with E-state index in [-0.39, 0.29) is 23.5 Å². The van der Waals surface area contributed by atoms with Gasteiger partial charge in [-0.2, -0.15) is 0 Å². The lowest BCUT2D eigenvalue weighted by Crippen LogP contribution is -2.49. The van der Waals surface area contributed by atoms with E-state index in [1.807, 2.05) is 13.0 Å². The topological polar surface area (TPSA) is 29.5 Å². The second-order valence-electron chi connectivity index (χ2n) is 5.05. The van der Waals surface area contributed by atoms with Crippen LogP contribution in [0, 0.1) is 5.82 Å². The number of hydrogen-bond acceptors (Lipinski definition) is 3. The van der Waals surface area contributed by atoms with E-state index in [0.29, 0.717) is 18.8 Å². The molecule has 2 rings (SSSR count). The normalized spacial score (nSPS) is 23.5. The van der Waals surface area contributed by atoms with Gasteiger partial charge in [0.15, 0.2) is 5.78 Å². The summed E-state index contributed by atoms with van der Waals surface area (Å²) in [5.41, 5.74) is 0.879. The summed E-state index contributed by atoms with van der Waals surface area (Å²) in [6.07, 6.45) is 0.992. The van der Waals surface area contributed by atoms with Crippen LogP contribution < -0.4 is 4.90 Å². The van der Waals surface area contributed by atoms with Crippen molar-refractivity contribution in [3.8, 4) is 0 Å². The Bertz CT molecular complexity index is 475. The Kier molecular flexibility index (Phi) is 4.20. The van der Waals surface area contributed by atoms with E-state index in [2.05, 4.69) is 11.8 Å². The zero-order valence-electron chi connectivity index (χ0n) is 11.6. The third kappa shape index (κ3) is 2.78. The summed E-state index contributed by atoms with van der Waals surface area (Å²) >= 11 is 0. The highest BCUT2D eigenvalue weighted by molar-refractivity contribution is 6.00. The van der Waals surface area contributed by atoms with Crippen molar-refractivity contribution < 1.29 is 13.9 Å². The third-order valence-electron chi connectivity index (χ3n) is 3.59. The third-order valence-corrected chi connectivity index (χ3v) is 3.59. The number of carbonyl (C=O) groups is 1. The van der Waals surface area contributed by atoms with Crippen molar-refractivity contribution in [1.29, 1.82) is 0 Å². The van der Waals surface area contributed by atoms with Crippen LogP contribution in [0.5, 0.6) is 0 Å². The average Bonchev–Trinajstić information content (AvgIpc) is 2.37. The molecule has 1 aliphatic rings. The number of nitrogens with zero attached hydrogens (tertiary/aromatic N) is 1. The molecule has 0 spiro atoms. The first-order valence-corrected chi connectivity index (χ1v) is 6.72. The Morgan fingerprint density at radius 1 is 1.53 bits per heavy atom. The molecule has 0 saturated carbocycles. The minimum Gasteiger partial charge on any atom is -0.375 e. The van der Waals surface area contributed by atoms with Crippen LogP contribution in [0.15, 0.2) is 18.2 Å². The summed E-state index contributed by atoms with van der Waals surface area (Å²) in [5.74, 6) is -0.680. The van der Waals surface area contributed by atoms with Gasteiger partial charge >= 0.3 is 0 Å². The maximum absolute atomic E-state index is 13.9. The highest BCUT2D eigenvalue weighted by Crippen LogP contribution is 2.29. The number of halogens is 1. The fraction of sp³-hybridized carbons (Fsp3) is 0.533. The standard InChI is InChI=1S/C15H20FNO2/c1-4-12-9-19-10(2)8-17(12)14-7-5-6-13(16)15(14)11(3)18/h5-7,10,12H,4,8-9H2,1-3H3. The van der Waals surface area contributed by atoms with Gasteiger partial charge in [0.1, 0.15) is 5.82 Å². The summed E-state index contributed by atoms with van der Waals surface area (Å²) in [6, 6.07) is 5.01. The highest BCUT2D eigenvalue weighted by Gasteiger charge is 2.28. The SMILES string of the molecule is CCC1COC(C)CN1c1cccc(F)c1C(C)=O. The fourth-order valence-electron chi connectivity index (χ4n) is 2.58. The van der Waals surface area contributed by atoms with Gasteiger partial charge in [-0.15, -0.1) is 0 Å². The summed E-state index contributed by atoms with van der Waals surface area (Å²) in [6.45, 7) is 6.77. The molecule has 1 aromatic rings. The lowest BCUT2D eigenvalue weighted by molar-refractivity contribution is 0.0298. The summed E-state index contributed by atoms with van der Waals surface area (Å²) < 4.78 is 19.5. The van der Waals surface area contributed by atoms with Crippen LogP contribution in [0.2, 0.25) is 0 Å². The molecule has 4 heteroatoms. The van der Waals surface area contributed by atoms with Gasteiger partial charge in [0.2, 0.25) is 0 Å². The molecule has 1 aliphatic heterocycles. The maximum Gasteiger partial charge on any atom is 0.164 e. The van der Waals surface area contributed by atoms with Crippen molar-refractivity contribution in [2.24, 2.45) is 0 Å². The van der Waals surface area contributed by atoms with Gasteiger partial charge < -0.3 is 9.64 Å². The van der Waals surface area contributed by atoms with Crippen LogP contribution in [-0.4, -0.2) is 31.1 Å². The summed E-state index contributed by atoms with van der Waals surface area (Å²) in [5, 5.41) is 0. The molecule has 1 fully saturated rings. The summed E-state index contributed by atoms with van der Waals surface area (Å²) in [4.78, 5) is 13.8. The highest BCUT2D eigenvalue weighted by atomic mass is 19.1. The number of hydrogen-bond donors (Lipinski definition) is 0. The first-order valence-electron chi connectivity index (χ1n) is 6.72. The largest absolute Gasteiger partial charge is 0.375 e. The van der Waals surface area contributed by atoms with Crippen molar-refractivity contribution in [3.05, 3.63) is 29.6 Å². The van der Waals surface area contributed by atoms with E-state index in [1.165, 1.54) is 13.0 Å². The van der Waals surface area contributed by atoms with Crippen LogP contribution in [0.1, 0.15) is 37.6 Å². The van der Waals surface area contributed by atoms with Gasteiger partial charge in [-0.25, -0.2) is 4.39 Å². The van der Waals surface area contributed by atoms with Gasteiger partial charge in [-0.3, -0.25) is 4.79 Å². The number of ether oxygens (including phenoxy) is 1. The number of ketones is 1. The molecular formula is C15H20FNO2. The lowest BCUT2D eigenvalue weighted by Gasteiger charge is -2.40. The number of benzene rings is 1. The van der Waals surface area contributed by atoms with E-state index in [4.69, 9.17) is 4.74 Å². The van der Waals surface area contributed by atoms with Gasteiger partial charge in [-0.1, -0.05) is 13.0 Å². The molecule has 0 amide bonds.